The second-order valence-electron chi connectivity index (χ2n) is 9.24. The van der Waals surface area contributed by atoms with Gasteiger partial charge in [0.1, 0.15) is 23.4 Å². The Labute approximate surface area is 197 Å². The molecule has 4 rings (SSSR count). The molecule has 8 nitrogen and oxygen atoms in total. The summed E-state index contributed by atoms with van der Waals surface area (Å²) < 4.78 is 21.1. The summed E-state index contributed by atoms with van der Waals surface area (Å²) in [6.45, 7) is 6.13. The van der Waals surface area contributed by atoms with E-state index in [1.165, 1.54) is 12.1 Å². The molecule has 2 atom stereocenters. The Morgan fingerprint density at radius 3 is 2.59 bits per heavy atom. The molecule has 1 saturated heterocycles. The molecule has 0 bridgehead atoms. The van der Waals surface area contributed by atoms with Crippen LogP contribution in [0, 0.1) is 5.82 Å². The number of hydrogen-bond acceptors (Lipinski definition) is 7. The van der Waals surface area contributed by atoms with E-state index in [-0.39, 0.29) is 17.7 Å². The maximum Gasteiger partial charge on any atom is 0.309 e. The van der Waals surface area contributed by atoms with Crippen molar-refractivity contribution in [2.24, 2.45) is 0 Å². The zero-order valence-corrected chi connectivity index (χ0v) is 19.6. The third kappa shape index (κ3) is 4.99. The number of nitrogens with zero attached hydrogens (tertiary/aromatic N) is 4. The van der Waals surface area contributed by atoms with Crippen molar-refractivity contribution in [3.05, 3.63) is 54.2 Å². The Hall–Kier alpha value is -3.59. The van der Waals surface area contributed by atoms with Crippen molar-refractivity contribution in [3.8, 4) is 22.6 Å². The molecule has 1 aliphatic rings. The van der Waals surface area contributed by atoms with Crippen LogP contribution in [0.1, 0.15) is 39.4 Å². The molecule has 2 N–H and O–H groups in total. The highest BCUT2D eigenvalue weighted by molar-refractivity contribution is 5.79. The van der Waals surface area contributed by atoms with Crippen molar-refractivity contribution < 1.29 is 19.0 Å². The molecule has 3 aromatic rings. The number of carbonyl (C=O) groups excluding carboxylic acids is 1. The SMILES string of the molecule is CNc1nccc(-c2nc(C(C)(C)C)n(/C=C/[C@@H]3C[C@@H](O)CC(=O)O3)c2-c2ccc(F)cc2)n1. The van der Waals surface area contributed by atoms with E-state index in [9.17, 15) is 14.3 Å². The van der Waals surface area contributed by atoms with Crippen LogP contribution in [-0.4, -0.2) is 49.9 Å². The smallest absolute Gasteiger partial charge is 0.309 e. The first-order chi connectivity index (χ1) is 16.2. The summed E-state index contributed by atoms with van der Waals surface area (Å²) in [7, 11) is 1.74. The minimum absolute atomic E-state index is 0.00482. The van der Waals surface area contributed by atoms with Crippen molar-refractivity contribution in [2.75, 3.05) is 12.4 Å². The highest BCUT2D eigenvalue weighted by Gasteiger charge is 2.29. The fourth-order valence-corrected chi connectivity index (χ4v) is 3.89. The van der Waals surface area contributed by atoms with E-state index >= 15 is 0 Å². The number of hydrogen-bond donors (Lipinski definition) is 2. The zero-order valence-electron chi connectivity index (χ0n) is 19.6. The second-order valence-corrected chi connectivity index (χ2v) is 9.24. The largest absolute Gasteiger partial charge is 0.458 e. The van der Waals surface area contributed by atoms with Crippen LogP contribution in [0.5, 0.6) is 0 Å². The van der Waals surface area contributed by atoms with Crippen LogP contribution in [0.2, 0.25) is 0 Å². The molecule has 178 valence electrons. The Morgan fingerprint density at radius 1 is 1.21 bits per heavy atom. The molecule has 34 heavy (non-hydrogen) atoms. The van der Waals surface area contributed by atoms with E-state index in [0.717, 1.165) is 11.4 Å². The van der Waals surface area contributed by atoms with Crippen LogP contribution in [0.25, 0.3) is 28.8 Å². The summed E-state index contributed by atoms with van der Waals surface area (Å²) in [4.78, 5) is 25.5. The maximum absolute atomic E-state index is 13.7. The first kappa shape index (κ1) is 23.6. The van der Waals surface area contributed by atoms with Crippen LogP contribution in [0.4, 0.5) is 10.3 Å². The fourth-order valence-electron chi connectivity index (χ4n) is 3.89. The van der Waals surface area contributed by atoms with Gasteiger partial charge in [-0.05, 0) is 36.4 Å². The number of aliphatic hydroxyl groups excluding tert-OH is 1. The molecular formula is C25H28FN5O3. The first-order valence-corrected chi connectivity index (χ1v) is 11.1. The quantitative estimate of drug-likeness (QED) is 0.549. The van der Waals surface area contributed by atoms with Gasteiger partial charge >= 0.3 is 5.97 Å². The van der Waals surface area contributed by atoms with Crippen molar-refractivity contribution in [1.29, 1.82) is 0 Å². The minimum Gasteiger partial charge on any atom is -0.458 e. The van der Waals surface area contributed by atoms with Crippen LogP contribution in [0.15, 0.2) is 42.6 Å². The van der Waals surface area contributed by atoms with Crippen molar-refractivity contribution in [2.45, 2.75) is 51.2 Å². The van der Waals surface area contributed by atoms with Gasteiger partial charge in [0.15, 0.2) is 0 Å². The maximum atomic E-state index is 13.7. The van der Waals surface area contributed by atoms with Gasteiger partial charge in [-0.15, -0.1) is 0 Å². The number of aromatic nitrogens is 4. The molecular weight excluding hydrogens is 437 g/mol. The zero-order chi connectivity index (χ0) is 24.5. The Balaban J connectivity index is 1.92. The molecule has 0 saturated carbocycles. The summed E-state index contributed by atoms with van der Waals surface area (Å²) in [6, 6.07) is 7.95. The van der Waals surface area contributed by atoms with Gasteiger partial charge in [-0.3, -0.25) is 4.79 Å². The van der Waals surface area contributed by atoms with E-state index in [1.54, 1.807) is 43.7 Å². The van der Waals surface area contributed by atoms with Gasteiger partial charge in [0.05, 0.1) is 23.9 Å². The molecule has 1 fully saturated rings. The monoisotopic (exact) mass is 465 g/mol. The Kier molecular flexibility index (Phi) is 6.47. The van der Waals surface area contributed by atoms with Crippen LogP contribution in [0.3, 0.4) is 0 Å². The third-order valence-corrected chi connectivity index (χ3v) is 5.46. The Bertz CT molecular complexity index is 1210. The normalized spacial score (nSPS) is 18.8. The topological polar surface area (TPSA) is 102 Å². The molecule has 0 unspecified atom stereocenters. The van der Waals surface area contributed by atoms with Gasteiger partial charge in [-0.25, -0.2) is 19.3 Å². The molecule has 1 aromatic carbocycles. The molecule has 1 aliphatic heterocycles. The number of ether oxygens (including phenoxy) is 1. The average molecular weight is 466 g/mol. The van der Waals surface area contributed by atoms with Gasteiger partial charge in [-0.2, -0.15) is 0 Å². The Morgan fingerprint density at radius 2 is 1.94 bits per heavy atom. The molecule has 0 radical (unpaired) electrons. The van der Waals surface area contributed by atoms with Gasteiger partial charge in [0.25, 0.3) is 0 Å². The van der Waals surface area contributed by atoms with Crippen LogP contribution < -0.4 is 5.32 Å². The summed E-state index contributed by atoms with van der Waals surface area (Å²) in [6.07, 6.45) is 4.20. The van der Waals surface area contributed by atoms with Crippen LogP contribution in [-0.2, 0) is 14.9 Å². The standard InChI is InChI=1S/C25H28FN5O3/c1-25(2,3)23-30-21(19-9-11-28-24(27-4)29-19)22(15-5-7-16(26)8-6-15)31(23)12-10-18-13-17(32)14-20(33)34-18/h5-12,17-18,32H,13-14H2,1-4H3,(H,27,28,29)/b12-10+/t17-,18-/m1/s1. The number of esters is 1. The highest BCUT2D eigenvalue weighted by Crippen LogP contribution is 2.36. The third-order valence-electron chi connectivity index (χ3n) is 5.46. The predicted molar refractivity (Wildman–Crippen MR) is 127 cm³/mol. The van der Waals surface area contributed by atoms with Crippen molar-refractivity contribution in [3.63, 3.8) is 0 Å². The van der Waals surface area contributed by atoms with Gasteiger partial charge in [0, 0.05) is 36.8 Å². The average Bonchev–Trinajstić information content (AvgIpc) is 3.18. The van der Waals surface area contributed by atoms with Gasteiger partial charge < -0.3 is 19.7 Å². The number of rotatable bonds is 5. The lowest BCUT2D eigenvalue weighted by Gasteiger charge is -2.24. The van der Waals surface area contributed by atoms with Gasteiger partial charge in [0.2, 0.25) is 5.95 Å². The number of nitrogens with one attached hydrogen (secondary N) is 1. The predicted octanol–water partition coefficient (Wildman–Crippen LogP) is 4.02. The number of anilines is 1. The lowest BCUT2D eigenvalue weighted by atomic mass is 9.95. The molecule has 0 aliphatic carbocycles. The van der Waals surface area contributed by atoms with Crippen molar-refractivity contribution >= 4 is 18.1 Å². The number of carbonyl (C=O) groups is 1. The number of aliphatic hydroxyl groups is 1. The van der Waals surface area contributed by atoms with E-state index in [1.807, 2.05) is 25.3 Å². The summed E-state index contributed by atoms with van der Waals surface area (Å²) in [5.74, 6) is 0.416. The van der Waals surface area contributed by atoms with Crippen molar-refractivity contribution in [1.82, 2.24) is 19.5 Å². The second kappa shape index (κ2) is 9.34. The highest BCUT2D eigenvalue weighted by atomic mass is 19.1. The van der Waals surface area contributed by atoms with E-state index < -0.39 is 18.2 Å². The van der Waals surface area contributed by atoms with E-state index in [4.69, 9.17) is 9.72 Å². The number of imidazole rings is 1. The first-order valence-electron chi connectivity index (χ1n) is 11.1. The molecule has 0 spiro atoms. The number of halogens is 1. The minimum atomic E-state index is -0.742. The molecule has 2 aromatic heterocycles. The summed E-state index contributed by atoms with van der Waals surface area (Å²) in [5, 5.41) is 12.9. The molecule has 0 amide bonds. The van der Waals surface area contributed by atoms with E-state index in [2.05, 4.69) is 15.3 Å². The lowest BCUT2D eigenvalue weighted by Crippen LogP contribution is -2.31. The summed E-state index contributed by atoms with van der Waals surface area (Å²) >= 11 is 0. The number of cyclic esters (lactones) is 1. The molecule has 3 heterocycles. The van der Waals surface area contributed by atoms with Gasteiger partial charge in [-0.1, -0.05) is 20.8 Å². The number of benzene rings is 1. The van der Waals surface area contributed by atoms with E-state index in [0.29, 0.717) is 29.5 Å². The lowest BCUT2D eigenvalue weighted by molar-refractivity contribution is -0.156. The fraction of sp³-hybridized carbons (Fsp3) is 0.360. The molecule has 9 heteroatoms. The summed E-state index contributed by atoms with van der Waals surface area (Å²) in [5.41, 5.74) is 2.31. The van der Waals surface area contributed by atoms with Crippen LogP contribution >= 0.6 is 0 Å².